The van der Waals surface area contributed by atoms with Gasteiger partial charge in [-0.05, 0) is 32.9 Å². The van der Waals surface area contributed by atoms with E-state index in [-0.39, 0.29) is 11.7 Å². The van der Waals surface area contributed by atoms with Crippen molar-refractivity contribution in [2.45, 2.75) is 25.8 Å². The smallest absolute Gasteiger partial charge is 0.294 e. The summed E-state index contributed by atoms with van der Waals surface area (Å²) in [5.41, 5.74) is 1.39. The minimum absolute atomic E-state index is 0.236. The molecule has 3 rings (SSSR count). The summed E-state index contributed by atoms with van der Waals surface area (Å²) in [6.07, 6.45) is 7.14. The number of aryl methyl sites for hydroxylation is 1. The quantitative estimate of drug-likeness (QED) is 0.883. The fourth-order valence-corrected chi connectivity index (χ4v) is 2.37. The summed E-state index contributed by atoms with van der Waals surface area (Å²) in [5.74, 6) is -0.0653. The zero-order chi connectivity index (χ0) is 13.9. The largest absolute Gasteiger partial charge is 0.351 e. The maximum absolute atomic E-state index is 12.0. The average molecular weight is 275 g/mol. The summed E-state index contributed by atoms with van der Waals surface area (Å²) < 4.78 is 6.84. The first kappa shape index (κ1) is 12.9. The van der Waals surface area contributed by atoms with E-state index in [2.05, 4.69) is 20.9 Å². The van der Waals surface area contributed by atoms with E-state index in [4.69, 9.17) is 4.52 Å². The Hall–Kier alpha value is -2.15. The minimum atomic E-state index is -0.301. The molecule has 1 saturated heterocycles. The number of hydrogen-bond donors (Lipinski definition) is 2. The molecular weight excluding hydrogens is 258 g/mol. The summed E-state index contributed by atoms with van der Waals surface area (Å²) in [6.45, 7) is 3.79. The Morgan fingerprint density at radius 1 is 1.45 bits per heavy atom. The molecule has 0 spiro atoms. The number of anilines is 1. The lowest BCUT2D eigenvalue weighted by molar-refractivity contribution is 0.0987. The van der Waals surface area contributed by atoms with Crippen LogP contribution in [0.4, 0.5) is 5.69 Å². The molecular formula is C13H17N5O2. The summed E-state index contributed by atoms with van der Waals surface area (Å²) in [4.78, 5) is 12.0. The topological polar surface area (TPSA) is 85.0 Å². The Balaban J connectivity index is 1.68. The normalized spacial score (nSPS) is 16.2. The van der Waals surface area contributed by atoms with E-state index in [1.165, 1.54) is 6.20 Å². The third-order valence-electron chi connectivity index (χ3n) is 3.50. The van der Waals surface area contributed by atoms with E-state index in [1.54, 1.807) is 13.1 Å². The first-order valence-corrected chi connectivity index (χ1v) is 6.71. The Morgan fingerprint density at radius 2 is 2.25 bits per heavy atom. The minimum Gasteiger partial charge on any atom is -0.351 e. The van der Waals surface area contributed by atoms with Crippen molar-refractivity contribution < 1.29 is 9.32 Å². The van der Waals surface area contributed by atoms with Crippen LogP contribution in [0, 0.1) is 6.92 Å². The molecule has 3 heterocycles. The van der Waals surface area contributed by atoms with Crippen molar-refractivity contribution in [3.05, 3.63) is 29.9 Å². The summed E-state index contributed by atoms with van der Waals surface area (Å²) >= 11 is 0. The van der Waals surface area contributed by atoms with Crippen molar-refractivity contribution >= 4 is 11.6 Å². The number of carbonyl (C=O) groups is 1. The number of hydrogen-bond acceptors (Lipinski definition) is 5. The van der Waals surface area contributed by atoms with E-state index in [9.17, 15) is 4.79 Å². The Morgan fingerprint density at radius 3 is 2.95 bits per heavy atom. The highest BCUT2D eigenvalue weighted by molar-refractivity contribution is 6.02. The molecule has 106 valence electrons. The van der Waals surface area contributed by atoms with Crippen LogP contribution in [-0.4, -0.2) is 33.9 Å². The molecule has 2 aromatic heterocycles. The van der Waals surface area contributed by atoms with Gasteiger partial charge >= 0.3 is 0 Å². The van der Waals surface area contributed by atoms with Crippen molar-refractivity contribution in [2.75, 3.05) is 18.4 Å². The van der Waals surface area contributed by atoms with Crippen molar-refractivity contribution in [1.82, 2.24) is 20.3 Å². The van der Waals surface area contributed by atoms with E-state index >= 15 is 0 Å². The van der Waals surface area contributed by atoms with Crippen LogP contribution in [0.3, 0.4) is 0 Å². The van der Waals surface area contributed by atoms with Crippen LogP contribution in [0.15, 0.2) is 23.1 Å². The maximum atomic E-state index is 12.0. The van der Waals surface area contributed by atoms with Crippen LogP contribution >= 0.6 is 0 Å². The van der Waals surface area contributed by atoms with Gasteiger partial charge in [-0.25, -0.2) is 0 Å². The highest BCUT2D eigenvalue weighted by Crippen LogP contribution is 2.20. The van der Waals surface area contributed by atoms with Crippen LogP contribution in [0.25, 0.3) is 0 Å². The van der Waals surface area contributed by atoms with Crippen molar-refractivity contribution in [2.24, 2.45) is 0 Å². The SMILES string of the molecule is Cc1cnoc1C(=O)Nc1cnn(C2CCNCC2)c1. The number of aromatic nitrogens is 3. The van der Waals surface area contributed by atoms with E-state index < -0.39 is 0 Å². The Kier molecular flexibility index (Phi) is 3.51. The fraction of sp³-hybridized carbons (Fsp3) is 0.462. The number of rotatable bonds is 3. The van der Waals surface area contributed by atoms with Crippen LogP contribution < -0.4 is 10.6 Å². The van der Waals surface area contributed by atoms with Gasteiger partial charge in [0.1, 0.15) is 0 Å². The molecule has 0 unspecified atom stereocenters. The van der Waals surface area contributed by atoms with Gasteiger partial charge in [-0.1, -0.05) is 5.16 Å². The lowest BCUT2D eigenvalue weighted by Gasteiger charge is -2.22. The summed E-state index contributed by atoms with van der Waals surface area (Å²) in [5, 5.41) is 14.0. The zero-order valence-electron chi connectivity index (χ0n) is 11.3. The molecule has 2 aromatic rings. The van der Waals surface area contributed by atoms with Crippen molar-refractivity contribution in [3.63, 3.8) is 0 Å². The molecule has 0 saturated carbocycles. The average Bonchev–Trinajstić information content (AvgIpc) is 3.09. The van der Waals surface area contributed by atoms with Gasteiger partial charge in [-0.15, -0.1) is 0 Å². The van der Waals surface area contributed by atoms with Crippen LogP contribution in [0.2, 0.25) is 0 Å². The Labute approximate surface area is 116 Å². The van der Waals surface area contributed by atoms with E-state index in [1.807, 2.05) is 10.9 Å². The van der Waals surface area contributed by atoms with Crippen molar-refractivity contribution in [1.29, 1.82) is 0 Å². The molecule has 1 amide bonds. The third kappa shape index (κ3) is 2.57. The van der Waals surface area contributed by atoms with E-state index in [0.29, 0.717) is 17.3 Å². The van der Waals surface area contributed by atoms with E-state index in [0.717, 1.165) is 25.9 Å². The number of nitrogens with zero attached hydrogens (tertiary/aromatic N) is 3. The second-order valence-corrected chi connectivity index (χ2v) is 4.98. The van der Waals surface area contributed by atoms with Gasteiger partial charge in [-0.3, -0.25) is 9.48 Å². The fourth-order valence-electron chi connectivity index (χ4n) is 2.37. The molecule has 0 aliphatic carbocycles. The van der Waals surface area contributed by atoms with Crippen LogP contribution in [0.5, 0.6) is 0 Å². The third-order valence-corrected chi connectivity index (χ3v) is 3.50. The first-order valence-electron chi connectivity index (χ1n) is 6.71. The molecule has 0 atom stereocenters. The first-order chi connectivity index (χ1) is 9.74. The predicted molar refractivity (Wildman–Crippen MR) is 72.6 cm³/mol. The standard InChI is InChI=1S/C13H17N5O2/c1-9-6-16-20-12(9)13(19)17-10-7-15-18(8-10)11-2-4-14-5-3-11/h6-8,11,14H,2-5H2,1H3,(H,17,19). The Bertz CT molecular complexity index is 597. The monoisotopic (exact) mass is 275 g/mol. The zero-order valence-corrected chi connectivity index (χ0v) is 11.3. The molecule has 0 aromatic carbocycles. The van der Waals surface area contributed by atoms with Gasteiger partial charge in [0, 0.05) is 11.8 Å². The second-order valence-electron chi connectivity index (χ2n) is 4.98. The second kappa shape index (κ2) is 5.46. The van der Waals surface area contributed by atoms with Gasteiger partial charge in [-0.2, -0.15) is 5.10 Å². The molecule has 2 N–H and O–H groups in total. The molecule has 7 heteroatoms. The lowest BCUT2D eigenvalue weighted by Crippen LogP contribution is -2.29. The van der Waals surface area contributed by atoms with Crippen LogP contribution in [-0.2, 0) is 0 Å². The molecule has 1 aliphatic rings. The molecule has 0 bridgehead atoms. The number of piperidine rings is 1. The summed E-state index contributed by atoms with van der Waals surface area (Å²) in [7, 11) is 0. The van der Waals surface area contributed by atoms with Gasteiger partial charge in [0.2, 0.25) is 5.76 Å². The van der Waals surface area contributed by atoms with Gasteiger partial charge < -0.3 is 15.2 Å². The van der Waals surface area contributed by atoms with Gasteiger partial charge in [0.05, 0.1) is 24.1 Å². The molecule has 1 fully saturated rings. The number of nitrogens with one attached hydrogen (secondary N) is 2. The highest BCUT2D eigenvalue weighted by Gasteiger charge is 2.18. The molecule has 7 nitrogen and oxygen atoms in total. The van der Waals surface area contributed by atoms with Crippen molar-refractivity contribution in [3.8, 4) is 0 Å². The summed E-state index contributed by atoms with van der Waals surface area (Å²) in [6, 6.07) is 0.397. The van der Waals surface area contributed by atoms with Gasteiger partial charge in [0.15, 0.2) is 0 Å². The number of carbonyl (C=O) groups excluding carboxylic acids is 1. The van der Waals surface area contributed by atoms with Crippen LogP contribution in [0.1, 0.15) is 35.0 Å². The number of amides is 1. The molecule has 0 radical (unpaired) electrons. The molecule has 20 heavy (non-hydrogen) atoms. The van der Waals surface area contributed by atoms with Gasteiger partial charge in [0.25, 0.3) is 5.91 Å². The highest BCUT2D eigenvalue weighted by atomic mass is 16.5. The molecule has 1 aliphatic heterocycles. The lowest BCUT2D eigenvalue weighted by atomic mass is 10.1. The predicted octanol–water partition coefficient (Wildman–Crippen LogP) is 1.36. The maximum Gasteiger partial charge on any atom is 0.294 e.